The molecule has 0 aromatic heterocycles. The number of carbonyl (C=O) groups excluding carboxylic acids is 2. The molecule has 3 aliphatic rings. The lowest BCUT2D eigenvalue weighted by atomic mass is 9.44. The summed E-state index contributed by atoms with van der Waals surface area (Å²) in [6.07, 6.45) is 5.66. The Bertz CT molecular complexity index is 789. The van der Waals surface area contributed by atoms with Crippen LogP contribution in [0.15, 0.2) is 23.3 Å². The number of carbonyl (C=O) groups is 2. The maximum atomic E-state index is 12.7. The fourth-order valence-corrected chi connectivity index (χ4v) is 5.42. The molecule has 1 unspecified atom stereocenters. The lowest BCUT2D eigenvalue weighted by Gasteiger charge is -2.58. The third kappa shape index (κ3) is 1.96. The van der Waals surface area contributed by atoms with Crippen molar-refractivity contribution in [1.29, 1.82) is 10.5 Å². The van der Waals surface area contributed by atoms with Gasteiger partial charge in [-0.25, -0.2) is 0 Å². The summed E-state index contributed by atoms with van der Waals surface area (Å²) in [5, 5.41) is 18.7. The van der Waals surface area contributed by atoms with Crippen molar-refractivity contribution in [3.05, 3.63) is 23.3 Å². The molecule has 0 aromatic carbocycles. The first-order valence-electron chi connectivity index (χ1n) is 8.44. The summed E-state index contributed by atoms with van der Waals surface area (Å²) in [4.78, 5) is 25.0. The second-order valence-electron chi connectivity index (χ2n) is 8.50. The number of fused-ring (bicyclic) bond motifs is 3. The van der Waals surface area contributed by atoms with Gasteiger partial charge in [-0.05, 0) is 36.7 Å². The molecule has 3 aliphatic carbocycles. The molecule has 0 saturated heterocycles. The van der Waals surface area contributed by atoms with Crippen LogP contribution in [0.25, 0.3) is 0 Å². The highest BCUT2D eigenvalue weighted by Gasteiger charge is 2.59. The molecule has 4 atom stereocenters. The molecule has 3 rings (SSSR count). The maximum absolute atomic E-state index is 12.7. The minimum atomic E-state index is -0.633. The van der Waals surface area contributed by atoms with Crippen molar-refractivity contribution >= 4 is 11.6 Å². The molecule has 24 heavy (non-hydrogen) atoms. The Morgan fingerprint density at radius 1 is 1.17 bits per heavy atom. The smallest absolute Gasteiger partial charge is 0.178 e. The number of ketones is 2. The number of hydrogen-bond donors (Lipinski definition) is 0. The molecule has 0 spiro atoms. The Labute approximate surface area is 142 Å². The summed E-state index contributed by atoms with van der Waals surface area (Å²) in [5.41, 5.74) is -0.167. The number of hydrogen-bond acceptors (Lipinski definition) is 4. The van der Waals surface area contributed by atoms with Gasteiger partial charge in [-0.3, -0.25) is 9.59 Å². The van der Waals surface area contributed by atoms with E-state index in [-0.39, 0.29) is 28.5 Å². The molecule has 0 aromatic rings. The van der Waals surface area contributed by atoms with Crippen LogP contribution in [0.1, 0.15) is 47.0 Å². The molecule has 0 heterocycles. The molecule has 1 saturated carbocycles. The van der Waals surface area contributed by atoms with Crippen molar-refractivity contribution in [2.45, 2.75) is 47.0 Å². The van der Waals surface area contributed by atoms with Crippen LogP contribution in [0.3, 0.4) is 0 Å². The molecule has 124 valence electrons. The van der Waals surface area contributed by atoms with Crippen LogP contribution in [0, 0.1) is 50.7 Å². The van der Waals surface area contributed by atoms with E-state index < -0.39 is 16.7 Å². The first-order valence-corrected chi connectivity index (χ1v) is 8.44. The van der Waals surface area contributed by atoms with Gasteiger partial charge in [0.1, 0.15) is 12.0 Å². The van der Waals surface area contributed by atoms with E-state index >= 15 is 0 Å². The zero-order valence-corrected chi connectivity index (χ0v) is 14.6. The molecule has 0 radical (unpaired) electrons. The van der Waals surface area contributed by atoms with E-state index in [1.165, 1.54) is 0 Å². The molecule has 0 aliphatic heterocycles. The Balaban J connectivity index is 2.24. The van der Waals surface area contributed by atoms with Crippen molar-refractivity contribution in [2.24, 2.45) is 28.1 Å². The highest BCUT2D eigenvalue weighted by molar-refractivity contribution is 6.04. The van der Waals surface area contributed by atoms with Gasteiger partial charge in [0.05, 0.1) is 11.6 Å². The van der Waals surface area contributed by atoms with Crippen LogP contribution in [-0.2, 0) is 9.59 Å². The SMILES string of the molecule is CC12CC[C@H]3C(C)(C)C(=O)C(C#N)=C[C@]3(C)C1=CC(=O)[C@H](C#N)C2. The molecule has 1 fully saturated rings. The van der Waals surface area contributed by atoms with Crippen LogP contribution in [0.2, 0.25) is 0 Å². The van der Waals surface area contributed by atoms with Gasteiger partial charge in [-0.1, -0.05) is 39.3 Å². The van der Waals surface area contributed by atoms with Gasteiger partial charge in [0.2, 0.25) is 0 Å². The fourth-order valence-electron chi connectivity index (χ4n) is 5.42. The quantitative estimate of drug-likeness (QED) is 0.683. The van der Waals surface area contributed by atoms with Gasteiger partial charge in [0.15, 0.2) is 11.6 Å². The standard InChI is InChI=1S/C20H22N2O2/c1-18(2)15-5-6-19(3)8-12(10-21)14(23)7-16(19)20(15,4)9-13(11-22)17(18)24/h7,9,12,15H,5-6,8H2,1-4H3/t12-,15-,19?,20-/m0/s1. The van der Waals surface area contributed by atoms with Crippen LogP contribution < -0.4 is 0 Å². The highest BCUT2D eigenvalue weighted by atomic mass is 16.1. The number of Topliss-reactive ketones (excluding diaryl/α,β-unsaturated/α-hetero) is 1. The second kappa shape index (κ2) is 4.90. The zero-order valence-electron chi connectivity index (χ0n) is 14.6. The normalized spacial score (nSPS) is 40.4. The third-order valence-electron chi connectivity index (χ3n) is 6.65. The zero-order chi connectivity index (χ0) is 17.9. The number of rotatable bonds is 0. The first-order chi connectivity index (χ1) is 11.1. The van der Waals surface area contributed by atoms with Gasteiger partial charge in [-0.15, -0.1) is 0 Å². The minimum absolute atomic E-state index is 0.0559. The lowest BCUT2D eigenvalue weighted by molar-refractivity contribution is -0.131. The van der Waals surface area contributed by atoms with E-state index in [2.05, 4.69) is 19.1 Å². The van der Waals surface area contributed by atoms with E-state index in [0.29, 0.717) is 6.42 Å². The summed E-state index contributed by atoms with van der Waals surface area (Å²) in [7, 11) is 0. The van der Waals surface area contributed by atoms with Crippen LogP contribution >= 0.6 is 0 Å². The van der Waals surface area contributed by atoms with Crippen LogP contribution in [0.4, 0.5) is 0 Å². The van der Waals surface area contributed by atoms with Crippen molar-refractivity contribution in [1.82, 2.24) is 0 Å². The Kier molecular flexibility index (Phi) is 3.40. The predicted molar refractivity (Wildman–Crippen MR) is 88.2 cm³/mol. The van der Waals surface area contributed by atoms with Crippen molar-refractivity contribution in [3.63, 3.8) is 0 Å². The van der Waals surface area contributed by atoms with Gasteiger partial charge < -0.3 is 0 Å². The number of nitriles is 2. The van der Waals surface area contributed by atoms with Crippen molar-refractivity contribution in [2.75, 3.05) is 0 Å². The van der Waals surface area contributed by atoms with E-state index in [4.69, 9.17) is 0 Å². The summed E-state index contributed by atoms with van der Waals surface area (Å²) in [6.45, 7) is 7.98. The van der Waals surface area contributed by atoms with E-state index in [0.717, 1.165) is 18.4 Å². The van der Waals surface area contributed by atoms with Crippen molar-refractivity contribution in [3.8, 4) is 12.1 Å². The molecular formula is C20H22N2O2. The van der Waals surface area contributed by atoms with E-state index in [9.17, 15) is 20.1 Å². The summed E-state index contributed by atoms with van der Waals surface area (Å²) < 4.78 is 0. The highest BCUT2D eigenvalue weighted by Crippen LogP contribution is 2.64. The van der Waals surface area contributed by atoms with Gasteiger partial charge in [0.25, 0.3) is 0 Å². The Morgan fingerprint density at radius 3 is 2.42 bits per heavy atom. The summed E-state index contributed by atoms with van der Waals surface area (Å²) in [5.74, 6) is -0.779. The largest absolute Gasteiger partial charge is 0.293 e. The second-order valence-corrected chi connectivity index (χ2v) is 8.50. The Morgan fingerprint density at radius 2 is 1.83 bits per heavy atom. The van der Waals surface area contributed by atoms with Crippen molar-refractivity contribution < 1.29 is 9.59 Å². The Hall–Kier alpha value is -2.20. The summed E-state index contributed by atoms with van der Waals surface area (Å²) in [6, 6.07) is 4.18. The van der Waals surface area contributed by atoms with Gasteiger partial charge in [-0.2, -0.15) is 10.5 Å². The monoisotopic (exact) mass is 322 g/mol. The average Bonchev–Trinajstić information content (AvgIpc) is 2.52. The molecule has 4 heteroatoms. The summed E-state index contributed by atoms with van der Waals surface area (Å²) >= 11 is 0. The molecule has 0 bridgehead atoms. The van der Waals surface area contributed by atoms with Gasteiger partial charge >= 0.3 is 0 Å². The average molecular weight is 322 g/mol. The van der Waals surface area contributed by atoms with Crippen LogP contribution in [0.5, 0.6) is 0 Å². The fraction of sp³-hybridized carbons (Fsp3) is 0.600. The third-order valence-corrected chi connectivity index (χ3v) is 6.65. The predicted octanol–water partition coefficient (Wildman–Crippen LogP) is 3.51. The first kappa shape index (κ1) is 16.7. The molecular weight excluding hydrogens is 300 g/mol. The molecule has 0 amide bonds. The number of nitrogens with zero attached hydrogens (tertiary/aromatic N) is 2. The lowest BCUT2D eigenvalue weighted by Crippen LogP contribution is -2.54. The number of allylic oxidation sites excluding steroid dienone is 4. The topological polar surface area (TPSA) is 81.7 Å². The van der Waals surface area contributed by atoms with Crippen LogP contribution in [-0.4, -0.2) is 11.6 Å². The maximum Gasteiger partial charge on any atom is 0.178 e. The molecule has 4 nitrogen and oxygen atoms in total. The van der Waals surface area contributed by atoms with Gasteiger partial charge in [0, 0.05) is 10.8 Å². The van der Waals surface area contributed by atoms with E-state index in [1.54, 1.807) is 12.2 Å². The molecule has 0 N–H and O–H groups in total. The minimum Gasteiger partial charge on any atom is -0.293 e. The van der Waals surface area contributed by atoms with E-state index in [1.807, 2.05) is 20.8 Å².